The molecule has 5 heteroatoms. The van der Waals surface area contributed by atoms with Gasteiger partial charge >= 0.3 is 0 Å². The summed E-state index contributed by atoms with van der Waals surface area (Å²) in [7, 11) is 0. The van der Waals surface area contributed by atoms with E-state index in [2.05, 4.69) is 61.0 Å². The molecule has 0 aliphatic carbocycles. The van der Waals surface area contributed by atoms with E-state index < -0.39 is 0 Å². The quantitative estimate of drug-likeness (QED) is 0.860. The van der Waals surface area contributed by atoms with Crippen molar-refractivity contribution in [2.75, 3.05) is 32.8 Å². The molecule has 1 saturated heterocycles. The molecule has 0 radical (unpaired) electrons. The van der Waals surface area contributed by atoms with E-state index in [0.717, 1.165) is 49.7 Å². The molecular formula is C22H27ClN2O2. The van der Waals surface area contributed by atoms with Gasteiger partial charge in [-0.25, -0.2) is 0 Å². The van der Waals surface area contributed by atoms with E-state index in [1.54, 1.807) is 6.07 Å². The summed E-state index contributed by atoms with van der Waals surface area (Å²) in [5, 5.41) is 0.203. The molecular weight excluding hydrogens is 360 g/mol. The van der Waals surface area contributed by atoms with Crippen LogP contribution in [-0.2, 0) is 10.2 Å². The largest absolute Gasteiger partial charge is 0.379 e. The zero-order valence-corrected chi connectivity index (χ0v) is 17.0. The summed E-state index contributed by atoms with van der Waals surface area (Å²) in [5.74, 6) is 0. The molecule has 0 unspecified atom stereocenters. The molecule has 0 amide bonds. The lowest BCUT2D eigenvalue weighted by atomic mass is 9.86. The Morgan fingerprint density at radius 1 is 1.15 bits per heavy atom. The van der Waals surface area contributed by atoms with Gasteiger partial charge in [-0.1, -0.05) is 62.7 Å². The molecule has 1 aromatic carbocycles. The molecule has 0 atom stereocenters. The van der Waals surface area contributed by atoms with Gasteiger partial charge in [0, 0.05) is 30.9 Å². The number of nitrogens with zero attached hydrogens (tertiary/aromatic N) is 1. The lowest BCUT2D eigenvalue weighted by Crippen LogP contribution is -2.36. The summed E-state index contributed by atoms with van der Waals surface area (Å²) in [6, 6.07) is 12.1. The second-order valence-electron chi connectivity index (χ2n) is 7.91. The van der Waals surface area contributed by atoms with E-state index in [0.29, 0.717) is 0 Å². The van der Waals surface area contributed by atoms with Gasteiger partial charge in [0.2, 0.25) is 0 Å². The van der Waals surface area contributed by atoms with Gasteiger partial charge in [-0.2, -0.15) is 0 Å². The standard InChI is InChI=1S/C22H27ClN2O2/c1-22(2,3)17-6-4-16(5-7-17)18(10-11-25-12-14-27-15-13-25)20-9-8-19(23)21(26)24-20/h4-10H,11-15H2,1-3H3,(H,24,26). The summed E-state index contributed by atoms with van der Waals surface area (Å²) in [6.45, 7) is 10.8. The number of halogens is 1. The van der Waals surface area contributed by atoms with Gasteiger partial charge in [0.15, 0.2) is 0 Å². The summed E-state index contributed by atoms with van der Waals surface area (Å²) in [6.07, 6.45) is 2.18. The van der Waals surface area contributed by atoms with Crippen molar-refractivity contribution in [3.63, 3.8) is 0 Å². The van der Waals surface area contributed by atoms with Gasteiger partial charge < -0.3 is 9.72 Å². The smallest absolute Gasteiger partial charge is 0.267 e. The van der Waals surface area contributed by atoms with Crippen LogP contribution >= 0.6 is 11.6 Å². The Balaban J connectivity index is 1.95. The second-order valence-corrected chi connectivity index (χ2v) is 8.31. The molecule has 1 aliphatic rings. The predicted octanol–water partition coefficient (Wildman–Crippen LogP) is 4.09. The first-order chi connectivity index (χ1) is 12.8. The zero-order valence-electron chi connectivity index (χ0n) is 16.2. The van der Waals surface area contributed by atoms with Crippen LogP contribution in [-0.4, -0.2) is 42.7 Å². The maximum atomic E-state index is 12.0. The van der Waals surface area contributed by atoms with Crippen LogP contribution < -0.4 is 5.56 Å². The number of aromatic nitrogens is 1. The number of ether oxygens (including phenoxy) is 1. The Hall–Kier alpha value is -1.88. The first kappa shape index (κ1) is 19.9. The Labute approximate surface area is 165 Å². The molecule has 144 valence electrons. The van der Waals surface area contributed by atoms with Crippen LogP contribution in [0.5, 0.6) is 0 Å². The van der Waals surface area contributed by atoms with Crippen LogP contribution in [0, 0.1) is 0 Å². The highest BCUT2D eigenvalue weighted by atomic mass is 35.5. The van der Waals surface area contributed by atoms with Crippen molar-refractivity contribution in [1.82, 2.24) is 9.88 Å². The molecule has 2 aromatic rings. The van der Waals surface area contributed by atoms with Crippen LogP contribution in [0.15, 0.2) is 47.3 Å². The summed E-state index contributed by atoms with van der Waals surface area (Å²) in [5.41, 5.74) is 3.98. The van der Waals surface area contributed by atoms with E-state index in [4.69, 9.17) is 16.3 Å². The Morgan fingerprint density at radius 2 is 1.81 bits per heavy atom. The maximum absolute atomic E-state index is 12.0. The summed E-state index contributed by atoms with van der Waals surface area (Å²) >= 11 is 5.92. The SMILES string of the molecule is CC(C)(C)c1ccc(C(=CCN2CCOCC2)c2ccc(Cl)c(=O)[nH]2)cc1. The molecule has 0 bridgehead atoms. The molecule has 1 aromatic heterocycles. The van der Waals surface area contributed by atoms with Gasteiger partial charge in [0.1, 0.15) is 5.02 Å². The molecule has 4 nitrogen and oxygen atoms in total. The molecule has 1 aliphatic heterocycles. The van der Waals surface area contributed by atoms with Crippen LogP contribution in [0.1, 0.15) is 37.6 Å². The lowest BCUT2D eigenvalue weighted by Gasteiger charge is -2.25. The number of morpholine rings is 1. The minimum absolute atomic E-state index is 0.102. The van der Waals surface area contributed by atoms with Gasteiger partial charge in [-0.15, -0.1) is 0 Å². The van der Waals surface area contributed by atoms with Crippen molar-refractivity contribution in [2.45, 2.75) is 26.2 Å². The normalized spacial score (nSPS) is 16.5. The average Bonchev–Trinajstić information content (AvgIpc) is 2.65. The second kappa shape index (κ2) is 8.42. The third kappa shape index (κ3) is 5.10. The van der Waals surface area contributed by atoms with E-state index in [1.165, 1.54) is 5.56 Å². The first-order valence-electron chi connectivity index (χ1n) is 9.35. The Kier molecular flexibility index (Phi) is 6.20. The number of hydrogen-bond donors (Lipinski definition) is 1. The summed E-state index contributed by atoms with van der Waals surface area (Å²) in [4.78, 5) is 17.3. The van der Waals surface area contributed by atoms with E-state index in [9.17, 15) is 4.79 Å². The number of H-pyrrole nitrogens is 1. The number of benzene rings is 1. The minimum atomic E-state index is -0.266. The third-order valence-corrected chi connectivity index (χ3v) is 5.17. The monoisotopic (exact) mass is 386 g/mol. The number of rotatable bonds is 4. The molecule has 0 spiro atoms. The maximum Gasteiger partial charge on any atom is 0.267 e. The highest BCUT2D eigenvalue weighted by Crippen LogP contribution is 2.27. The van der Waals surface area contributed by atoms with Gasteiger partial charge in [0.25, 0.3) is 5.56 Å². The van der Waals surface area contributed by atoms with Crippen molar-refractivity contribution >= 4 is 17.2 Å². The molecule has 1 N–H and O–H groups in total. The number of hydrogen-bond acceptors (Lipinski definition) is 3. The van der Waals surface area contributed by atoms with Gasteiger partial charge in [-0.05, 0) is 28.7 Å². The lowest BCUT2D eigenvalue weighted by molar-refractivity contribution is 0.0435. The van der Waals surface area contributed by atoms with Crippen LogP contribution in [0.2, 0.25) is 5.02 Å². The van der Waals surface area contributed by atoms with Crippen LogP contribution in [0.4, 0.5) is 0 Å². The Morgan fingerprint density at radius 3 is 2.41 bits per heavy atom. The highest BCUT2D eigenvalue weighted by Gasteiger charge is 2.15. The first-order valence-corrected chi connectivity index (χ1v) is 9.73. The number of nitrogens with one attached hydrogen (secondary N) is 1. The number of aromatic amines is 1. The van der Waals surface area contributed by atoms with Gasteiger partial charge in [0.05, 0.1) is 13.2 Å². The minimum Gasteiger partial charge on any atom is -0.379 e. The summed E-state index contributed by atoms with van der Waals surface area (Å²) < 4.78 is 5.43. The molecule has 0 saturated carbocycles. The Bertz CT molecular complexity index is 857. The molecule has 1 fully saturated rings. The molecule has 2 heterocycles. The highest BCUT2D eigenvalue weighted by molar-refractivity contribution is 6.30. The van der Waals surface area contributed by atoms with Crippen molar-refractivity contribution in [2.24, 2.45) is 0 Å². The average molecular weight is 387 g/mol. The topological polar surface area (TPSA) is 45.3 Å². The predicted molar refractivity (Wildman–Crippen MR) is 112 cm³/mol. The van der Waals surface area contributed by atoms with Gasteiger partial charge in [-0.3, -0.25) is 9.69 Å². The van der Waals surface area contributed by atoms with E-state index in [-0.39, 0.29) is 16.0 Å². The number of pyridine rings is 1. The van der Waals surface area contributed by atoms with Crippen molar-refractivity contribution < 1.29 is 4.74 Å². The van der Waals surface area contributed by atoms with E-state index in [1.807, 2.05) is 6.07 Å². The van der Waals surface area contributed by atoms with E-state index >= 15 is 0 Å². The zero-order chi connectivity index (χ0) is 19.4. The fourth-order valence-corrected chi connectivity index (χ4v) is 3.26. The fraction of sp³-hybridized carbons (Fsp3) is 0.409. The third-order valence-electron chi connectivity index (χ3n) is 4.87. The van der Waals surface area contributed by atoms with Crippen molar-refractivity contribution in [3.8, 4) is 0 Å². The molecule has 27 heavy (non-hydrogen) atoms. The van der Waals surface area contributed by atoms with Crippen molar-refractivity contribution in [3.05, 3.63) is 74.7 Å². The van der Waals surface area contributed by atoms with Crippen molar-refractivity contribution in [1.29, 1.82) is 0 Å². The van der Waals surface area contributed by atoms with Crippen LogP contribution in [0.3, 0.4) is 0 Å². The fourth-order valence-electron chi connectivity index (χ4n) is 3.15. The molecule has 3 rings (SSSR count). The van der Waals surface area contributed by atoms with Crippen LogP contribution in [0.25, 0.3) is 5.57 Å².